The molecule has 300 valence electrons. The first-order valence-electron chi connectivity index (χ1n) is 21.8. The van der Waals surface area contributed by atoms with Crippen molar-refractivity contribution in [2.75, 3.05) is 33.4 Å². The molecule has 1 rings (SSSR count). The Kier molecular flexibility index (Phi) is 30.3. The molecule has 1 aliphatic heterocycles. The van der Waals surface area contributed by atoms with Gasteiger partial charge in [0.25, 0.3) is 0 Å². The number of nitrogens with zero attached hydrogens (tertiary/aromatic N) is 2. The molecule has 0 saturated carbocycles. The van der Waals surface area contributed by atoms with Crippen molar-refractivity contribution in [1.82, 2.24) is 9.80 Å². The van der Waals surface area contributed by atoms with Gasteiger partial charge in [0.1, 0.15) is 13.2 Å². The van der Waals surface area contributed by atoms with Crippen LogP contribution in [0.3, 0.4) is 0 Å². The van der Waals surface area contributed by atoms with E-state index in [0.29, 0.717) is 18.9 Å². The predicted octanol–water partition coefficient (Wildman–Crippen LogP) is 11.6. The quantitative estimate of drug-likeness (QED) is 0.0366. The Morgan fingerprint density at radius 2 is 0.863 bits per heavy atom. The van der Waals surface area contributed by atoms with Crippen molar-refractivity contribution in [3.63, 3.8) is 0 Å². The number of unbranched alkanes of at least 4 members (excludes halogenated alkanes) is 24. The first kappa shape index (κ1) is 47.2. The van der Waals surface area contributed by atoms with E-state index in [1.807, 2.05) is 0 Å². The highest BCUT2D eigenvalue weighted by atomic mass is 16.6. The van der Waals surface area contributed by atoms with Gasteiger partial charge in [0.2, 0.25) is 0 Å². The number of likely N-dealkylation sites (N-methyl/N-ethyl adjacent to an activating group) is 1. The smallest absolute Gasteiger partial charge is 0.410 e. The summed E-state index contributed by atoms with van der Waals surface area (Å²) in [5.41, 5.74) is 0. The van der Waals surface area contributed by atoms with Gasteiger partial charge in [0.15, 0.2) is 6.10 Å². The molecular weight excluding hydrogens is 640 g/mol. The molecule has 1 aliphatic rings. The van der Waals surface area contributed by atoms with Crippen LogP contribution in [-0.2, 0) is 23.8 Å². The maximum atomic E-state index is 13.0. The van der Waals surface area contributed by atoms with E-state index in [1.54, 1.807) is 11.9 Å². The van der Waals surface area contributed by atoms with Crippen molar-refractivity contribution in [2.24, 2.45) is 0 Å². The van der Waals surface area contributed by atoms with E-state index < -0.39 is 12.2 Å². The summed E-state index contributed by atoms with van der Waals surface area (Å²) in [4.78, 5) is 41.9. The van der Waals surface area contributed by atoms with Crippen molar-refractivity contribution in [3.05, 3.63) is 0 Å². The van der Waals surface area contributed by atoms with Crippen LogP contribution in [0.25, 0.3) is 0 Å². The number of hydrogen-bond donors (Lipinski definition) is 0. The maximum Gasteiger partial charge on any atom is 0.410 e. The molecule has 1 amide bonds. The lowest BCUT2D eigenvalue weighted by molar-refractivity contribution is -0.153. The summed E-state index contributed by atoms with van der Waals surface area (Å²) in [7, 11) is 1.74. The second-order valence-corrected chi connectivity index (χ2v) is 15.7. The third kappa shape index (κ3) is 26.6. The van der Waals surface area contributed by atoms with Gasteiger partial charge in [0.05, 0.1) is 6.04 Å². The normalized spacial score (nSPS) is 13.5. The molecular formula is C43H82N2O6. The number of rotatable bonds is 35. The SMILES string of the molecule is CCCCCCCCCCCCCCCC(=O)OCC(COC(=O)CCCCCCCCCCCCCCC)OC(=O)N(C)C1CN(C(C)C)C1. The minimum Gasteiger partial charge on any atom is -0.462 e. The molecule has 0 aromatic heterocycles. The topological polar surface area (TPSA) is 85.4 Å². The van der Waals surface area contributed by atoms with Gasteiger partial charge in [-0.2, -0.15) is 0 Å². The number of hydrogen-bond acceptors (Lipinski definition) is 7. The minimum absolute atomic E-state index is 0.0803. The Hall–Kier alpha value is -1.83. The van der Waals surface area contributed by atoms with Crippen LogP contribution in [0.1, 0.15) is 207 Å². The summed E-state index contributed by atoms with van der Waals surface area (Å²) < 4.78 is 16.8. The highest BCUT2D eigenvalue weighted by molar-refractivity contribution is 5.70. The lowest BCUT2D eigenvalue weighted by atomic mass is 10.0. The Morgan fingerprint density at radius 1 is 0.549 bits per heavy atom. The summed E-state index contributed by atoms with van der Waals surface area (Å²) in [6, 6.07) is 0.513. The molecule has 0 N–H and O–H groups in total. The molecule has 0 aromatic rings. The summed E-state index contributed by atoms with van der Waals surface area (Å²) in [6.07, 6.45) is 31.9. The van der Waals surface area contributed by atoms with Crippen LogP contribution in [0.2, 0.25) is 0 Å². The van der Waals surface area contributed by atoms with Crippen LogP contribution >= 0.6 is 0 Å². The molecule has 8 nitrogen and oxygen atoms in total. The third-order valence-corrected chi connectivity index (χ3v) is 10.6. The Bertz CT molecular complexity index is 800. The van der Waals surface area contributed by atoms with E-state index in [4.69, 9.17) is 14.2 Å². The molecule has 0 atom stereocenters. The third-order valence-electron chi connectivity index (χ3n) is 10.6. The molecule has 51 heavy (non-hydrogen) atoms. The fourth-order valence-electron chi connectivity index (χ4n) is 6.74. The zero-order valence-electron chi connectivity index (χ0n) is 34.2. The Labute approximate surface area is 314 Å². The van der Waals surface area contributed by atoms with Gasteiger partial charge in [-0.1, -0.05) is 168 Å². The van der Waals surface area contributed by atoms with Crippen LogP contribution in [0.5, 0.6) is 0 Å². The summed E-state index contributed by atoms with van der Waals surface area (Å²) in [5.74, 6) is -0.588. The van der Waals surface area contributed by atoms with Crippen molar-refractivity contribution >= 4 is 18.0 Å². The second kappa shape index (κ2) is 32.8. The summed E-state index contributed by atoms with van der Waals surface area (Å²) >= 11 is 0. The fraction of sp³-hybridized carbons (Fsp3) is 0.930. The van der Waals surface area contributed by atoms with Crippen LogP contribution in [0, 0.1) is 0 Å². The van der Waals surface area contributed by atoms with Crippen molar-refractivity contribution in [1.29, 1.82) is 0 Å². The average Bonchev–Trinajstić information content (AvgIpc) is 3.09. The lowest BCUT2D eigenvalue weighted by Crippen LogP contribution is -2.61. The predicted molar refractivity (Wildman–Crippen MR) is 211 cm³/mol. The monoisotopic (exact) mass is 723 g/mol. The van der Waals surface area contributed by atoms with Crippen molar-refractivity contribution in [3.8, 4) is 0 Å². The largest absolute Gasteiger partial charge is 0.462 e. The zero-order chi connectivity index (χ0) is 37.4. The van der Waals surface area contributed by atoms with Gasteiger partial charge in [-0.05, 0) is 26.7 Å². The Morgan fingerprint density at radius 3 is 1.18 bits per heavy atom. The van der Waals surface area contributed by atoms with Gasteiger partial charge in [-0.15, -0.1) is 0 Å². The van der Waals surface area contributed by atoms with Crippen LogP contribution in [0.4, 0.5) is 4.79 Å². The van der Waals surface area contributed by atoms with Crippen LogP contribution in [-0.4, -0.2) is 79.4 Å². The number of esters is 2. The minimum atomic E-state index is -0.826. The standard InChI is InChI=1S/C43H82N2O6/c1-6-8-10-12-14-16-18-20-22-24-26-28-30-32-41(46)49-36-40(51-43(48)44(5)39-34-45(35-39)38(3)4)37-50-42(47)33-31-29-27-25-23-21-19-17-15-13-11-9-7-2/h38-40H,6-37H2,1-5H3. The van der Waals surface area contributed by atoms with Gasteiger partial charge in [0, 0.05) is 39.0 Å². The zero-order valence-corrected chi connectivity index (χ0v) is 34.2. The van der Waals surface area contributed by atoms with E-state index in [-0.39, 0.29) is 31.2 Å². The molecule has 0 radical (unpaired) electrons. The van der Waals surface area contributed by atoms with E-state index in [1.165, 1.54) is 128 Å². The molecule has 0 aliphatic carbocycles. The molecule has 0 aromatic carbocycles. The molecule has 8 heteroatoms. The second-order valence-electron chi connectivity index (χ2n) is 15.7. The van der Waals surface area contributed by atoms with Crippen LogP contribution < -0.4 is 0 Å². The fourth-order valence-corrected chi connectivity index (χ4v) is 6.74. The Balaban J connectivity index is 2.28. The first-order chi connectivity index (χ1) is 24.8. The molecule has 1 heterocycles. The molecule has 0 spiro atoms. The van der Waals surface area contributed by atoms with Gasteiger partial charge in [-0.25, -0.2) is 4.79 Å². The van der Waals surface area contributed by atoms with E-state index in [9.17, 15) is 14.4 Å². The highest BCUT2D eigenvalue weighted by Gasteiger charge is 2.35. The van der Waals surface area contributed by atoms with Crippen LogP contribution in [0.15, 0.2) is 0 Å². The number of likely N-dealkylation sites (tertiary alicyclic amines) is 1. The summed E-state index contributed by atoms with van der Waals surface area (Å²) in [5, 5.41) is 0. The molecule has 1 saturated heterocycles. The van der Waals surface area contributed by atoms with Gasteiger partial charge < -0.3 is 19.1 Å². The first-order valence-corrected chi connectivity index (χ1v) is 21.8. The number of amides is 1. The molecule has 1 fully saturated rings. The molecule has 0 bridgehead atoms. The summed E-state index contributed by atoms with van der Waals surface area (Å²) in [6.45, 7) is 10.2. The van der Waals surface area contributed by atoms with E-state index >= 15 is 0 Å². The van der Waals surface area contributed by atoms with E-state index in [0.717, 1.165) is 51.6 Å². The highest BCUT2D eigenvalue weighted by Crippen LogP contribution is 2.19. The van der Waals surface area contributed by atoms with E-state index in [2.05, 4.69) is 32.6 Å². The number of carbonyl (C=O) groups is 3. The van der Waals surface area contributed by atoms with Crippen molar-refractivity contribution < 1.29 is 28.6 Å². The molecule has 0 unspecified atom stereocenters. The average molecular weight is 723 g/mol. The van der Waals surface area contributed by atoms with Crippen molar-refractivity contribution in [2.45, 2.75) is 226 Å². The number of carbonyl (C=O) groups excluding carboxylic acids is 3. The van der Waals surface area contributed by atoms with Gasteiger partial charge in [-0.3, -0.25) is 14.5 Å². The van der Waals surface area contributed by atoms with Gasteiger partial charge >= 0.3 is 18.0 Å². The number of ether oxygens (including phenoxy) is 3. The lowest BCUT2D eigenvalue weighted by Gasteiger charge is -2.45. The maximum absolute atomic E-state index is 13.0.